The third kappa shape index (κ3) is 2.92. The number of aromatic nitrogens is 2. The highest BCUT2D eigenvalue weighted by Crippen LogP contribution is 2.32. The van der Waals surface area contributed by atoms with Crippen LogP contribution in [-0.2, 0) is 9.53 Å². The van der Waals surface area contributed by atoms with Crippen molar-refractivity contribution in [3.05, 3.63) is 27.9 Å². The standard InChI is InChI=1S/C16H23N3O3/c1-10(2)11-9-14(20)18-15(17-11)12-5-3-7-19(12)16(21)13-6-4-8-22-13/h9-10,12-13H,3-8H2,1-2H3,(H,17,18,20). The normalized spacial score (nSPS) is 25.1. The van der Waals surface area contributed by atoms with E-state index in [0.29, 0.717) is 19.0 Å². The maximum absolute atomic E-state index is 12.6. The average molecular weight is 305 g/mol. The summed E-state index contributed by atoms with van der Waals surface area (Å²) in [6, 6.07) is 1.40. The summed E-state index contributed by atoms with van der Waals surface area (Å²) in [4.78, 5) is 33.7. The zero-order chi connectivity index (χ0) is 15.7. The summed E-state index contributed by atoms with van der Waals surface area (Å²) in [5.41, 5.74) is 0.625. The Kier molecular flexibility index (Phi) is 4.29. The number of carbonyl (C=O) groups excluding carboxylic acids is 1. The van der Waals surface area contributed by atoms with E-state index in [1.54, 1.807) is 0 Å². The second-order valence-corrected chi connectivity index (χ2v) is 6.40. The zero-order valence-corrected chi connectivity index (χ0v) is 13.2. The van der Waals surface area contributed by atoms with Gasteiger partial charge in [-0.05, 0) is 31.6 Å². The maximum Gasteiger partial charge on any atom is 0.252 e. The van der Waals surface area contributed by atoms with Crippen LogP contribution in [0.5, 0.6) is 0 Å². The van der Waals surface area contributed by atoms with Gasteiger partial charge in [-0.1, -0.05) is 13.8 Å². The van der Waals surface area contributed by atoms with Gasteiger partial charge >= 0.3 is 0 Å². The van der Waals surface area contributed by atoms with Crippen LogP contribution in [0.25, 0.3) is 0 Å². The van der Waals surface area contributed by atoms with E-state index in [1.165, 1.54) is 6.07 Å². The highest BCUT2D eigenvalue weighted by molar-refractivity contribution is 5.81. The second-order valence-electron chi connectivity index (χ2n) is 6.40. The molecule has 1 aromatic heterocycles. The minimum atomic E-state index is -0.319. The van der Waals surface area contributed by atoms with Crippen LogP contribution in [0.2, 0.25) is 0 Å². The van der Waals surface area contributed by atoms with E-state index < -0.39 is 0 Å². The van der Waals surface area contributed by atoms with Crippen molar-refractivity contribution in [3.63, 3.8) is 0 Å². The lowest BCUT2D eigenvalue weighted by atomic mass is 10.1. The number of nitrogens with zero attached hydrogens (tertiary/aromatic N) is 2. The number of hydrogen-bond donors (Lipinski definition) is 1. The molecule has 1 amide bonds. The van der Waals surface area contributed by atoms with Gasteiger partial charge in [0.15, 0.2) is 0 Å². The van der Waals surface area contributed by atoms with Crippen molar-refractivity contribution in [1.82, 2.24) is 14.9 Å². The molecule has 6 nitrogen and oxygen atoms in total. The van der Waals surface area contributed by atoms with Crippen LogP contribution in [0.1, 0.15) is 63.0 Å². The van der Waals surface area contributed by atoms with Crippen LogP contribution in [0.4, 0.5) is 0 Å². The van der Waals surface area contributed by atoms with E-state index in [4.69, 9.17) is 4.74 Å². The first-order valence-corrected chi connectivity index (χ1v) is 8.09. The lowest BCUT2D eigenvalue weighted by Gasteiger charge is -2.26. The van der Waals surface area contributed by atoms with Gasteiger partial charge in [0, 0.05) is 19.2 Å². The molecule has 2 aliphatic heterocycles. The van der Waals surface area contributed by atoms with Gasteiger partial charge in [0.05, 0.1) is 11.7 Å². The number of amides is 1. The Morgan fingerprint density at radius 3 is 2.91 bits per heavy atom. The molecule has 6 heteroatoms. The molecule has 0 spiro atoms. The van der Waals surface area contributed by atoms with Crippen LogP contribution in [-0.4, -0.2) is 40.0 Å². The average Bonchev–Trinajstić information content (AvgIpc) is 3.17. The van der Waals surface area contributed by atoms with Gasteiger partial charge < -0.3 is 14.6 Å². The van der Waals surface area contributed by atoms with Gasteiger partial charge in [-0.3, -0.25) is 9.59 Å². The first-order chi connectivity index (χ1) is 10.6. The molecule has 0 bridgehead atoms. The Balaban J connectivity index is 1.86. The number of likely N-dealkylation sites (tertiary alicyclic amines) is 1. The number of rotatable bonds is 3. The van der Waals surface area contributed by atoms with Crippen LogP contribution in [0.3, 0.4) is 0 Å². The Bertz CT molecular complexity index is 605. The fourth-order valence-electron chi connectivity index (χ4n) is 3.22. The highest BCUT2D eigenvalue weighted by atomic mass is 16.5. The van der Waals surface area contributed by atoms with Gasteiger partial charge in [-0.15, -0.1) is 0 Å². The molecule has 0 radical (unpaired) electrons. The van der Waals surface area contributed by atoms with Crippen molar-refractivity contribution in [3.8, 4) is 0 Å². The van der Waals surface area contributed by atoms with E-state index in [0.717, 1.165) is 31.4 Å². The van der Waals surface area contributed by atoms with Gasteiger partial charge in [0.25, 0.3) is 11.5 Å². The van der Waals surface area contributed by atoms with Gasteiger partial charge in [0.1, 0.15) is 11.9 Å². The number of aromatic amines is 1. The minimum absolute atomic E-state index is 0.0394. The minimum Gasteiger partial charge on any atom is -0.368 e. The SMILES string of the molecule is CC(C)c1cc(=O)[nH]c(C2CCCN2C(=O)C2CCCO2)n1. The van der Waals surface area contributed by atoms with Gasteiger partial charge in [-0.25, -0.2) is 4.98 Å². The van der Waals surface area contributed by atoms with E-state index in [-0.39, 0.29) is 29.5 Å². The lowest BCUT2D eigenvalue weighted by Crippen LogP contribution is -2.39. The van der Waals surface area contributed by atoms with Crippen LogP contribution >= 0.6 is 0 Å². The smallest absolute Gasteiger partial charge is 0.252 e. The maximum atomic E-state index is 12.6. The number of H-pyrrole nitrogens is 1. The Morgan fingerprint density at radius 1 is 1.41 bits per heavy atom. The largest absolute Gasteiger partial charge is 0.368 e. The fourth-order valence-corrected chi connectivity index (χ4v) is 3.22. The molecule has 3 rings (SSSR count). The zero-order valence-electron chi connectivity index (χ0n) is 13.2. The fraction of sp³-hybridized carbons (Fsp3) is 0.688. The first-order valence-electron chi connectivity index (χ1n) is 8.09. The lowest BCUT2D eigenvalue weighted by molar-refractivity contribution is -0.142. The summed E-state index contributed by atoms with van der Waals surface area (Å²) < 4.78 is 5.51. The summed E-state index contributed by atoms with van der Waals surface area (Å²) in [5.74, 6) is 0.836. The van der Waals surface area contributed by atoms with Gasteiger partial charge in [0.2, 0.25) is 0 Å². The van der Waals surface area contributed by atoms with Crippen LogP contribution in [0.15, 0.2) is 10.9 Å². The molecule has 0 saturated carbocycles. The van der Waals surface area contributed by atoms with Crippen LogP contribution < -0.4 is 5.56 Å². The summed E-state index contributed by atoms with van der Waals surface area (Å²) in [6.07, 6.45) is 3.17. The molecule has 1 N–H and O–H groups in total. The van der Waals surface area contributed by atoms with Crippen molar-refractivity contribution in [2.75, 3.05) is 13.2 Å². The molecular formula is C16H23N3O3. The van der Waals surface area contributed by atoms with Crippen molar-refractivity contribution in [1.29, 1.82) is 0 Å². The molecular weight excluding hydrogens is 282 g/mol. The van der Waals surface area contributed by atoms with Crippen molar-refractivity contribution < 1.29 is 9.53 Å². The van der Waals surface area contributed by atoms with Crippen LogP contribution in [0, 0.1) is 0 Å². The molecule has 2 aliphatic rings. The molecule has 1 aromatic rings. The summed E-state index contributed by atoms with van der Waals surface area (Å²) in [7, 11) is 0. The predicted molar refractivity (Wildman–Crippen MR) is 81.6 cm³/mol. The number of ether oxygens (including phenoxy) is 1. The highest BCUT2D eigenvalue weighted by Gasteiger charge is 2.37. The third-order valence-electron chi connectivity index (χ3n) is 4.43. The van der Waals surface area contributed by atoms with E-state index in [1.807, 2.05) is 18.7 Å². The molecule has 2 atom stereocenters. The molecule has 3 heterocycles. The monoisotopic (exact) mass is 305 g/mol. The van der Waals surface area contributed by atoms with Gasteiger partial charge in [-0.2, -0.15) is 0 Å². The molecule has 2 unspecified atom stereocenters. The van der Waals surface area contributed by atoms with Crippen molar-refractivity contribution >= 4 is 5.91 Å². The van der Waals surface area contributed by atoms with E-state index in [9.17, 15) is 9.59 Å². The Labute approximate surface area is 129 Å². The number of nitrogens with one attached hydrogen (secondary N) is 1. The molecule has 0 aliphatic carbocycles. The molecule has 22 heavy (non-hydrogen) atoms. The number of carbonyl (C=O) groups is 1. The first kappa shape index (κ1) is 15.2. The Hall–Kier alpha value is -1.69. The summed E-state index contributed by atoms with van der Waals surface area (Å²) in [6.45, 7) is 5.39. The molecule has 120 valence electrons. The summed E-state index contributed by atoms with van der Waals surface area (Å²) >= 11 is 0. The predicted octanol–water partition coefficient (Wildman–Crippen LogP) is 1.74. The number of hydrogen-bond acceptors (Lipinski definition) is 4. The van der Waals surface area contributed by atoms with E-state index in [2.05, 4.69) is 9.97 Å². The second kappa shape index (κ2) is 6.20. The molecule has 2 fully saturated rings. The van der Waals surface area contributed by atoms with Crippen molar-refractivity contribution in [2.24, 2.45) is 0 Å². The topological polar surface area (TPSA) is 75.3 Å². The molecule has 2 saturated heterocycles. The third-order valence-corrected chi connectivity index (χ3v) is 4.43. The van der Waals surface area contributed by atoms with Crippen molar-refractivity contribution in [2.45, 2.75) is 57.6 Å². The Morgan fingerprint density at radius 2 is 2.23 bits per heavy atom. The quantitative estimate of drug-likeness (QED) is 0.923. The summed E-state index contributed by atoms with van der Waals surface area (Å²) in [5, 5.41) is 0. The van der Waals surface area contributed by atoms with E-state index >= 15 is 0 Å². The molecule has 0 aromatic carbocycles.